The van der Waals surface area contributed by atoms with Crippen molar-refractivity contribution < 1.29 is 26.4 Å². The van der Waals surface area contributed by atoms with Crippen LogP contribution in [0.1, 0.15) is 56.3 Å². The number of amides is 2. The standard InChI is InChI=1S/C21H28F3N7O3S/c22-21(23,24)20(3-4-20)27-35(33,34)30-11-19(12-30)9-29(10-19)17(32)28-7-18(8-28)5-15(6-18)31-13-25-16(26-31)14-1-2-14/h13-15,27H,1-12H2. The van der Waals surface area contributed by atoms with Gasteiger partial charge in [-0.3, -0.25) is 0 Å². The number of alkyl halides is 3. The molecular formula is C21H28F3N7O3S. The van der Waals surface area contributed by atoms with E-state index in [9.17, 15) is 26.4 Å². The largest absolute Gasteiger partial charge is 0.407 e. The molecule has 2 spiro atoms. The number of nitrogens with one attached hydrogen (secondary N) is 1. The molecule has 4 heterocycles. The predicted molar refractivity (Wildman–Crippen MR) is 115 cm³/mol. The molecule has 0 atom stereocenters. The number of nitrogens with zero attached hydrogens (tertiary/aromatic N) is 6. The first-order valence-electron chi connectivity index (χ1n) is 12.2. The lowest BCUT2D eigenvalue weighted by molar-refractivity contribution is -0.161. The summed E-state index contributed by atoms with van der Waals surface area (Å²) in [7, 11) is -4.20. The van der Waals surface area contributed by atoms with E-state index in [2.05, 4.69) is 10.1 Å². The molecule has 7 rings (SSSR count). The molecule has 10 nitrogen and oxygen atoms in total. The van der Waals surface area contributed by atoms with E-state index in [4.69, 9.17) is 0 Å². The number of hydrogen-bond donors (Lipinski definition) is 1. The molecule has 3 saturated carbocycles. The monoisotopic (exact) mass is 515 g/mol. The Morgan fingerprint density at radius 1 is 1.00 bits per heavy atom. The Kier molecular flexibility index (Phi) is 4.25. The Hall–Kier alpha value is -1.93. The highest BCUT2D eigenvalue weighted by Crippen LogP contribution is 2.55. The number of carbonyl (C=O) groups excluding carboxylic acids is 1. The molecule has 3 saturated heterocycles. The molecule has 0 radical (unpaired) electrons. The van der Waals surface area contributed by atoms with Crippen molar-refractivity contribution >= 4 is 16.2 Å². The van der Waals surface area contributed by atoms with Crippen molar-refractivity contribution in [3.8, 4) is 0 Å². The first kappa shape index (κ1) is 22.3. The van der Waals surface area contributed by atoms with E-state index >= 15 is 0 Å². The normalized spacial score (nSPS) is 28.9. The summed E-state index contributed by atoms with van der Waals surface area (Å²) in [6, 6.07) is 0.318. The Labute approximate surface area is 201 Å². The lowest BCUT2D eigenvalue weighted by Gasteiger charge is -2.63. The summed E-state index contributed by atoms with van der Waals surface area (Å²) in [6.07, 6.45) is 1.13. The zero-order valence-corrected chi connectivity index (χ0v) is 20.0. The topological polar surface area (TPSA) is 104 Å². The molecule has 1 N–H and O–H groups in total. The number of carbonyl (C=O) groups is 1. The quantitative estimate of drug-likeness (QED) is 0.640. The zero-order valence-electron chi connectivity index (χ0n) is 19.2. The number of urea groups is 1. The first-order chi connectivity index (χ1) is 16.4. The Morgan fingerprint density at radius 2 is 1.60 bits per heavy atom. The summed E-state index contributed by atoms with van der Waals surface area (Å²) in [5.74, 6) is 1.49. The van der Waals surface area contributed by atoms with Crippen LogP contribution in [0.5, 0.6) is 0 Å². The van der Waals surface area contributed by atoms with Gasteiger partial charge in [-0.25, -0.2) is 14.5 Å². The van der Waals surface area contributed by atoms with Crippen LogP contribution >= 0.6 is 0 Å². The molecule has 1 aromatic heterocycles. The minimum Gasteiger partial charge on any atom is -0.323 e. The van der Waals surface area contributed by atoms with Crippen molar-refractivity contribution in [2.45, 2.75) is 62.2 Å². The lowest BCUT2D eigenvalue weighted by atomic mass is 9.60. The van der Waals surface area contributed by atoms with Crippen molar-refractivity contribution in [2.24, 2.45) is 10.8 Å². The molecule has 3 aliphatic heterocycles. The average molecular weight is 516 g/mol. The number of hydrogen-bond acceptors (Lipinski definition) is 5. The van der Waals surface area contributed by atoms with Crippen LogP contribution < -0.4 is 4.72 Å². The average Bonchev–Trinajstić information content (AvgIpc) is 3.56. The minimum atomic E-state index is -4.59. The van der Waals surface area contributed by atoms with E-state index in [1.807, 2.05) is 20.6 Å². The SMILES string of the molecule is O=C(N1CC2(CC(n3cnc(C4CC4)n3)C2)C1)N1CC2(C1)CN(S(=O)(=O)NC1(C(F)(F)F)CC1)C2. The highest BCUT2D eigenvalue weighted by Gasteiger charge is 2.67. The van der Waals surface area contributed by atoms with Gasteiger partial charge >= 0.3 is 12.2 Å². The van der Waals surface area contributed by atoms with Gasteiger partial charge in [0.05, 0.1) is 6.04 Å². The van der Waals surface area contributed by atoms with E-state index in [0.29, 0.717) is 25.0 Å². The lowest BCUT2D eigenvalue weighted by Crippen LogP contribution is -2.77. The van der Waals surface area contributed by atoms with Crippen LogP contribution in [0.3, 0.4) is 0 Å². The Balaban J connectivity index is 0.864. The van der Waals surface area contributed by atoms with Gasteiger partial charge in [-0.15, -0.1) is 0 Å². The second-order valence-electron chi connectivity index (χ2n) is 11.9. The first-order valence-corrected chi connectivity index (χ1v) is 13.7. The molecule has 2 amide bonds. The van der Waals surface area contributed by atoms with Crippen LogP contribution in [-0.4, -0.2) is 94.3 Å². The number of rotatable bonds is 5. The summed E-state index contributed by atoms with van der Waals surface area (Å²) < 4.78 is 69.1. The van der Waals surface area contributed by atoms with Crippen LogP contribution in [0.4, 0.5) is 18.0 Å². The third kappa shape index (κ3) is 3.42. The summed E-state index contributed by atoms with van der Waals surface area (Å²) in [6.45, 7) is 2.62. The highest BCUT2D eigenvalue weighted by atomic mass is 32.2. The van der Waals surface area contributed by atoms with Crippen LogP contribution in [0, 0.1) is 10.8 Å². The molecule has 0 aromatic carbocycles. The van der Waals surface area contributed by atoms with Gasteiger partial charge in [0.25, 0.3) is 10.2 Å². The van der Waals surface area contributed by atoms with Crippen molar-refractivity contribution in [3.05, 3.63) is 12.2 Å². The van der Waals surface area contributed by atoms with Gasteiger partial charge in [0.2, 0.25) is 0 Å². The van der Waals surface area contributed by atoms with E-state index in [0.717, 1.165) is 36.1 Å². The van der Waals surface area contributed by atoms with E-state index in [-0.39, 0.29) is 42.8 Å². The molecule has 1 aromatic rings. The Morgan fingerprint density at radius 3 is 2.14 bits per heavy atom. The number of halogens is 3. The van der Waals surface area contributed by atoms with Gasteiger partial charge in [0, 0.05) is 56.0 Å². The second kappa shape index (κ2) is 6.68. The molecule has 192 valence electrons. The van der Waals surface area contributed by atoms with E-state index < -0.39 is 21.9 Å². The van der Waals surface area contributed by atoms with Gasteiger partial charge in [-0.05, 0) is 38.5 Å². The van der Waals surface area contributed by atoms with Crippen molar-refractivity contribution in [1.29, 1.82) is 0 Å². The van der Waals surface area contributed by atoms with E-state index in [1.54, 1.807) is 4.90 Å². The molecular weight excluding hydrogens is 487 g/mol. The third-order valence-corrected chi connectivity index (χ3v) is 10.4. The van der Waals surface area contributed by atoms with Gasteiger partial charge < -0.3 is 9.80 Å². The summed E-state index contributed by atoms with van der Waals surface area (Å²) in [5, 5.41) is 4.62. The summed E-state index contributed by atoms with van der Waals surface area (Å²) in [4.78, 5) is 20.8. The Bertz CT molecular complexity index is 1160. The maximum absolute atomic E-state index is 13.1. The maximum Gasteiger partial charge on any atom is 0.407 e. The highest BCUT2D eigenvalue weighted by molar-refractivity contribution is 7.87. The van der Waals surface area contributed by atoms with Crippen molar-refractivity contribution in [2.75, 3.05) is 39.3 Å². The molecule has 6 aliphatic rings. The third-order valence-electron chi connectivity index (χ3n) is 8.81. The van der Waals surface area contributed by atoms with Gasteiger partial charge in [-0.2, -0.15) is 35.7 Å². The predicted octanol–water partition coefficient (Wildman–Crippen LogP) is 1.46. The molecule has 6 fully saturated rings. The minimum absolute atomic E-state index is 0.0325. The molecule has 35 heavy (non-hydrogen) atoms. The smallest absolute Gasteiger partial charge is 0.323 e. The summed E-state index contributed by atoms with van der Waals surface area (Å²) in [5.41, 5.74) is -2.48. The number of aromatic nitrogens is 3. The molecule has 14 heteroatoms. The van der Waals surface area contributed by atoms with Crippen LogP contribution in [-0.2, 0) is 10.2 Å². The maximum atomic E-state index is 13.1. The fourth-order valence-corrected chi connectivity index (χ4v) is 8.16. The fourth-order valence-electron chi connectivity index (χ4n) is 6.33. The molecule has 3 aliphatic carbocycles. The molecule has 0 unspecified atom stereocenters. The van der Waals surface area contributed by atoms with Crippen molar-refractivity contribution in [3.63, 3.8) is 0 Å². The second-order valence-corrected chi connectivity index (χ2v) is 13.5. The van der Waals surface area contributed by atoms with E-state index in [1.165, 1.54) is 12.8 Å². The van der Waals surface area contributed by atoms with Crippen molar-refractivity contribution in [1.82, 2.24) is 33.6 Å². The fraction of sp³-hybridized carbons (Fsp3) is 0.857. The molecule has 0 bridgehead atoms. The van der Waals surface area contributed by atoms with Gasteiger partial charge in [0.1, 0.15) is 11.9 Å². The van der Waals surface area contributed by atoms with Gasteiger partial charge in [0.15, 0.2) is 5.82 Å². The van der Waals surface area contributed by atoms with Crippen LogP contribution in [0.15, 0.2) is 6.33 Å². The van der Waals surface area contributed by atoms with Crippen LogP contribution in [0.25, 0.3) is 0 Å². The zero-order chi connectivity index (χ0) is 24.4. The number of likely N-dealkylation sites (tertiary alicyclic amines) is 2. The summed E-state index contributed by atoms with van der Waals surface area (Å²) >= 11 is 0. The van der Waals surface area contributed by atoms with Gasteiger partial charge in [-0.1, -0.05) is 0 Å². The van der Waals surface area contributed by atoms with Crippen LogP contribution in [0.2, 0.25) is 0 Å².